The second kappa shape index (κ2) is 5.01. The molecule has 5 nitrogen and oxygen atoms in total. The fourth-order valence-electron chi connectivity index (χ4n) is 1.68. The third-order valence-corrected chi connectivity index (χ3v) is 2.69. The molecule has 98 valence electrons. The summed E-state index contributed by atoms with van der Waals surface area (Å²) in [5.41, 5.74) is -0.753. The molecule has 2 aromatic rings. The van der Waals surface area contributed by atoms with Crippen molar-refractivity contribution in [2.24, 2.45) is 0 Å². The molecule has 0 aliphatic heterocycles. The van der Waals surface area contributed by atoms with E-state index in [2.05, 4.69) is 4.98 Å². The molecular formula is C13H11FN2O3. The van der Waals surface area contributed by atoms with Gasteiger partial charge in [0.2, 0.25) is 0 Å². The molecule has 0 aliphatic rings. The summed E-state index contributed by atoms with van der Waals surface area (Å²) in [6, 6.07) is 5.43. The van der Waals surface area contributed by atoms with E-state index in [0.29, 0.717) is 5.56 Å². The van der Waals surface area contributed by atoms with E-state index >= 15 is 0 Å². The lowest BCUT2D eigenvalue weighted by Crippen LogP contribution is -2.37. The molecule has 0 saturated carbocycles. The summed E-state index contributed by atoms with van der Waals surface area (Å²) in [5.74, 6) is -0.823. The van der Waals surface area contributed by atoms with Crippen LogP contribution in [0.15, 0.2) is 40.1 Å². The van der Waals surface area contributed by atoms with Gasteiger partial charge >= 0.3 is 5.69 Å². The molecule has 1 aromatic carbocycles. The van der Waals surface area contributed by atoms with Crippen LogP contribution in [0.25, 0.3) is 0 Å². The number of aromatic nitrogens is 2. The molecule has 0 atom stereocenters. The number of nitrogens with zero attached hydrogens (tertiary/aromatic N) is 1. The average Bonchev–Trinajstić information content (AvgIpc) is 2.36. The van der Waals surface area contributed by atoms with Crippen LogP contribution in [0.2, 0.25) is 0 Å². The summed E-state index contributed by atoms with van der Waals surface area (Å²) in [6.07, 6.45) is 1.11. The monoisotopic (exact) mass is 262 g/mol. The van der Waals surface area contributed by atoms with E-state index in [1.54, 1.807) is 0 Å². The first-order valence-electron chi connectivity index (χ1n) is 5.57. The molecule has 0 saturated heterocycles. The zero-order valence-corrected chi connectivity index (χ0v) is 10.1. The van der Waals surface area contributed by atoms with Gasteiger partial charge in [-0.1, -0.05) is 12.1 Å². The Kier molecular flexibility index (Phi) is 3.41. The minimum absolute atomic E-state index is 0.0183. The van der Waals surface area contributed by atoms with E-state index in [9.17, 15) is 18.8 Å². The van der Waals surface area contributed by atoms with Gasteiger partial charge in [-0.05, 0) is 24.6 Å². The van der Waals surface area contributed by atoms with E-state index in [1.165, 1.54) is 31.2 Å². The predicted octanol–water partition coefficient (Wildman–Crippen LogP) is 0.927. The number of benzene rings is 1. The second-order valence-electron chi connectivity index (χ2n) is 4.08. The molecule has 0 radical (unpaired) electrons. The standard InChI is InChI=1S/C13H11FN2O3/c1-8(17)11-6-15-13(19)16(12(11)18)7-9-2-4-10(14)5-3-9/h2-6H,7H2,1H3,(H,15,19). The summed E-state index contributed by atoms with van der Waals surface area (Å²) >= 11 is 0. The number of halogens is 1. The highest BCUT2D eigenvalue weighted by molar-refractivity contribution is 5.93. The van der Waals surface area contributed by atoms with Crippen LogP contribution < -0.4 is 11.2 Å². The highest BCUT2D eigenvalue weighted by Crippen LogP contribution is 2.03. The number of carbonyl (C=O) groups is 1. The van der Waals surface area contributed by atoms with Crippen molar-refractivity contribution in [2.75, 3.05) is 0 Å². The number of aromatic amines is 1. The highest BCUT2D eigenvalue weighted by Gasteiger charge is 2.11. The van der Waals surface area contributed by atoms with Gasteiger partial charge in [-0.2, -0.15) is 0 Å². The van der Waals surface area contributed by atoms with E-state index in [0.717, 1.165) is 10.8 Å². The molecule has 19 heavy (non-hydrogen) atoms. The van der Waals surface area contributed by atoms with Gasteiger partial charge in [-0.25, -0.2) is 9.18 Å². The van der Waals surface area contributed by atoms with Crippen molar-refractivity contribution in [3.8, 4) is 0 Å². The van der Waals surface area contributed by atoms with Crippen molar-refractivity contribution < 1.29 is 9.18 Å². The number of carbonyl (C=O) groups excluding carboxylic acids is 1. The van der Waals surface area contributed by atoms with Crippen LogP contribution in [-0.2, 0) is 6.54 Å². The molecule has 0 unspecified atom stereocenters. The Balaban J connectivity index is 2.48. The normalized spacial score (nSPS) is 10.4. The molecule has 0 spiro atoms. The van der Waals surface area contributed by atoms with E-state index in [1.807, 2.05) is 0 Å². The second-order valence-corrected chi connectivity index (χ2v) is 4.08. The summed E-state index contributed by atoms with van der Waals surface area (Å²) in [6.45, 7) is 1.23. The van der Waals surface area contributed by atoms with Crippen molar-refractivity contribution >= 4 is 5.78 Å². The predicted molar refractivity (Wildman–Crippen MR) is 66.8 cm³/mol. The fourth-order valence-corrected chi connectivity index (χ4v) is 1.68. The lowest BCUT2D eigenvalue weighted by Gasteiger charge is -2.05. The van der Waals surface area contributed by atoms with Gasteiger partial charge in [0.25, 0.3) is 5.56 Å². The van der Waals surface area contributed by atoms with Gasteiger partial charge < -0.3 is 4.98 Å². The minimum Gasteiger partial charge on any atom is -0.313 e. The Labute approximate surface area is 107 Å². The molecule has 0 fully saturated rings. The first kappa shape index (κ1) is 12.9. The average molecular weight is 262 g/mol. The molecule has 2 rings (SSSR count). The molecule has 0 bridgehead atoms. The first-order chi connectivity index (χ1) is 8.99. The smallest absolute Gasteiger partial charge is 0.313 e. The number of hydrogen-bond donors (Lipinski definition) is 1. The van der Waals surface area contributed by atoms with Crippen molar-refractivity contribution in [3.63, 3.8) is 0 Å². The fraction of sp³-hybridized carbons (Fsp3) is 0.154. The van der Waals surface area contributed by atoms with E-state index in [4.69, 9.17) is 0 Å². The van der Waals surface area contributed by atoms with Crippen molar-refractivity contribution in [3.05, 3.63) is 68.2 Å². The summed E-state index contributed by atoms with van der Waals surface area (Å²) in [4.78, 5) is 37.1. The lowest BCUT2D eigenvalue weighted by atomic mass is 10.2. The number of H-pyrrole nitrogens is 1. The molecular weight excluding hydrogens is 251 g/mol. The third kappa shape index (κ3) is 2.67. The maximum absolute atomic E-state index is 12.8. The Hall–Kier alpha value is -2.50. The van der Waals surface area contributed by atoms with Crippen LogP contribution in [0.3, 0.4) is 0 Å². The summed E-state index contributed by atoms with van der Waals surface area (Å²) in [7, 11) is 0. The van der Waals surface area contributed by atoms with Gasteiger partial charge in [0.15, 0.2) is 5.78 Å². The Morgan fingerprint density at radius 1 is 1.26 bits per heavy atom. The van der Waals surface area contributed by atoms with Crippen molar-refractivity contribution in [1.82, 2.24) is 9.55 Å². The Bertz CT molecular complexity index is 729. The van der Waals surface area contributed by atoms with Crippen LogP contribution in [0.1, 0.15) is 22.8 Å². The molecule has 1 aromatic heterocycles. The number of hydrogen-bond acceptors (Lipinski definition) is 3. The SMILES string of the molecule is CC(=O)c1c[nH]c(=O)n(Cc2ccc(F)cc2)c1=O. The first-order valence-corrected chi connectivity index (χ1v) is 5.57. The van der Waals surface area contributed by atoms with Crippen LogP contribution in [0.5, 0.6) is 0 Å². The Morgan fingerprint density at radius 3 is 2.47 bits per heavy atom. The lowest BCUT2D eigenvalue weighted by molar-refractivity contribution is 0.101. The summed E-state index contributed by atoms with van der Waals surface area (Å²) < 4.78 is 13.7. The van der Waals surface area contributed by atoms with Crippen molar-refractivity contribution in [2.45, 2.75) is 13.5 Å². The van der Waals surface area contributed by atoms with Crippen LogP contribution in [0.4, 0.5) is 4.39 Å². The zero-order valence-electron chi connectivity index (χ0n) is 10.1. The van der Waals surface area contributed by atoms with Gasteiger partial charge in [0.05, 0.1) is 12.1 Å². The molecule has 0 amide bonds. The topological polar surface area (TPSA) is 71.9 Å². The van der Waals surface area contributed by atoms with Gasteiger partial charge in [0, 0.05) is 6.20 Å². The molecule has 6 heteroatoms. The number of Topliss-reactive ketones (excluding diaryl/α,β-unsaturated/α-hetero) is 1. The Morgan fingerprint density at radius 2 is 1.89 bits per heavy atom. The van der Waals surface area contributed by atoms with Crippen LogP contribution in [0, 0.1) is 5.82 Å². The largest absolute Gasteiger partial charge is 0.328 e. The number of nitrogens with one attached hydrogen (secondary N) is 1. The summed E-state index contributed by atoms with van der Waals surface area (Å²) in [5, 5.41) is 0. The van der Waals surface area contributed by atoms with Gasteiger partial charge in [-0.3, -0.25) is 14.2 Å². The van der Waals surface area contributed by atoms with Gasteiger partial charge in [-0.15, -0.1) is 0 Å². The van der Waals surface area contributed by atoms with Crippen LogP contribution in [-0.4, -0.2) is 15.3 Å². The van der Waals surface area contributed by atoms with Gasteiger partial charge in [0.1, 0.15) is 5.82 Å². The maximum atomic E-state index is 12.8. The van der Waals surface area contributed by atoms with E-state index in [-0.39, 0.29) is 12.1 Å². The number of ketones is 1. The minimum atomic E-state index is -0.652. The van der Waals surface area contributed by atoms with Crippen LogP contribution >= 0.6 is 0 Å². The zero-order chi connectivity index (χ0) is 14.0. The molecule has 0 aliphatic carbocycles. The quantitative estimate of drug-likeness (QED) is 0.836. The molecule has 1 N–H and O–H groups in total. The number of rotatable bonds is 3. The highest BCUT2D eigenvalue weighted by atomic mass is 19.1. The molecule has 1 heterocycles. The van der Waals surface area contributed by atoms with E-state index < -0.39 is 22.8 Å². The van der Waals surface area contributed by atoms with Crippen molar-refractivity contribution in [1.29, 1.82) is 0 Å². The third-order valence-electron chi connectivity index (χ3n) is 2.69. The maximum Gasteiger partial charge on any atom is 0.328 e.